The molecule has 0 spiro atoms. The Bertz CT molecular complexity index is 7240. The fraction of sp³-hybridized carbons (Fsp3) is 0.478. The topological polar surface area (TPSA) is 787 Å². The standard InChI is InChI=1S/C23H24FN9O10P2S2.2C22H25N9O10P2S3/c1-2-23-6-39-45(37,47)42-15-11(24)10(40-21(15)33-8-29-13-18(33)30-22(26)31-19(13)35)5-38-44(36,46)43-16(23)14(34)20(41-23)32-7-28-12-9(25)3-4-27-17(12)32;2*23-8-1-2-25-16-10(8)26-6-30(16)19-14-15-22(39-19,4-36-14)5-38-43(35,45)40-13-12(32)9(3-37-42(34,44)41-15)46-20(13)31-7-27-11-17(31)28-21(24)29-18(11)33/h1,3-4,7-8,10-11,14-16,20-21,34H,5-6H2,(H2,25,27)(H,36,46)(H,37,47)(H3,26,30,31,35);2*1-2,6-7,9,12-15,19-20,32H,3-5H2,(H2,23,25)(H,34,44)(H,35,45)(H3,24,28,29,33)/t10-,11+,14-,15-,16+,20-,21-,23-,44?,45?;2*9-,12-,13-,14-,15+,19-,20-,22-,42?,43?/m111/s1. The summed E-state index contributed by atoms with van der Waals surface area (Å²) in [6, 6.07) is 4.76. The third-order valence-electron chi connectivity index (χ3n) is 24.0. The Kier molecular flexibility index (Phi) is 25.4. The molecule has 0 aliphatic carbocycles. The van der Waals surface area contributed by atoms with Crippen LogP contribution in [0.15, 0.2) is 89.1 Å². The zero-order valence-electron chi connectivity index (χ0n) is 69.7. The number of nitrogens with one attached hydrogen (secondary N) is 3. The lowest BCUT2D eigenvalue weighted by atomic mass is 9.97. The molecular formula is C67H74FN27O30P6S8. The number of aliphatic hydroxyl groups is 3. The van der Waals surface area contributed by atoms with Gasteiger partial charge in [-0.15, -0.1) is 29.9 Å². The molecule has 12 aromatic heterocycles. The number of nitrogens with two attached hydrogens (primary N) is 6. The minimum absolute atomic E-state index is 0.00601. The van der Waals surface area contributed by atoms with E-state index in [1.807, 2.05) is 0 Å². The van der Waals surface area contributed by atoms with Crippen molar-refractivity contribution >= 4 is 237 Å². The van der Waals surface area contributed by atoms with Crippen molar-refractivity contribution in [1.29, 1.82) is 0 Å². The predicted octanol–water partition coefficient (Wildman–Crippen LogP) is -1.28. The molecule has 57 nitrogen and oxygen atoms in total. The average Bonchev–Trinajstić information content (AvgIpc) is 1.56. The van der Waals surface area contributed by atoms with Crippen LogP contribution in [0.2, 0.25) is 0 Å². The number of aliphatic hydroxyl groups excluding tert-OH is 3. The van der Waals surface area contributed by atoms with Crippen LogP contribution >= 0.6 is 63.8 Å². The first kappa shape index (κ1) is 97.8. The van der Waals surface area contributed by atoms with Gasteiger partial charge in [-0.25, -0.2) is 49.2 Å². The Morgan fingerprint density at radius 2 is 0.755 bits per heavy atom. The summed E-state index contributed by atoms with van der Waals surface area (Å²) in [5.41, 5.74) is 31.9. The van der Waals surface area contributed by atoms with Crippen LogP contribution in [-0.2, 0) is 154 Å². The predicted molar refractivity (Wildman–Crippen MR) is 502 cm³/mol. The number of ether oxygens (including phenoxy) is 6. The molecule has 24 N–H and O–H groups in total. The first-order valence-corrected chi connectivity index (χ1v) is 58.1. The van der Waals surface area contributed by atoms with E-state index >= 15 is 4.39 Å². The Morgan fingerprint density at radius 3 is 1.17 bits per heavy atom. The van der Waals surface area contributed by atoms with Crippen LogP contribution in [0, 0.1) is 12.3 Å². The highest BCUT2D eigenvalue weighted by molar-refractivity contribution is 8.09. The quantitative estimate of drug-likeness (QED) is 0.0681. The summed E-state index contributed by atoms with van der Waals surface area (Å²) in [6.45, 7) is -28.3. The number of hydrogen-bond donors (Lipinski definition) is 18. The van der Waals surface area contributed by atoms with E-state index in [0.29, 0.717) is 44.9 Å². The average molecular weight is 2200 g/mol. The van der Waals surface area contributed by atoms with Gasteiger partial charge in [0.1, 0.15) is 99.5 Å². The highest BCUT2D eigenvalue weighted by atomic mass is 32.5. The van der Waals surface area contributed by atoms with Gasteiger partial charge in [-0.05, 0) is 89.0 Å². The van der Waals surface area contributed by atoms with Gasteiger partial charge in [0.2, 0.25) is 17.8 Å². The van der Waals surface area contributed by atoms with Crippen LogP contribution in [-0.4, -0.2) is 306 Å². The number of terminal acetylenes is 1. The van der Waals surface area contributed by atoms with E-state index in [1.165, 1.54) is 70.0 Å². The monoisotopic (exact) mass is 2200 g/mol. The molecule has 0 amide bonds. The lowest BCUT2D eigenvalue weighted by Gasteiger charge is -2.33. The summed E-state index contributed by atoms with van der Waals surface area (Å²) in [5, 5.41) is 30.9. The van der Waals surface area contributed by atoms with Crippen molar-refractivity contribution < 1.29 is 132 Å². The lowest BCUT2D eigenvalue weighted by molar-refractivity contribution is -0.183. The number of anilines is 6. The molecule has 10 bridgehead atoms. The minimum Gasteiger partial charge on any atom is -0.397 e. The van der Waals surface area contributed by atoms with Gasteiger partial charge >= 0.3 is 40.3 Å². The zero-order valence-corrected chi connectivity index (χ0v) is 81.6. The second kappa shape index (κ2) is 36.1. The van der Waals surface area contributed by atoms with Gasteiger partial charge in [-0.2, -0.15) is 15.0 Å². The summed E-state index contributed by atoms with van der Waals surface area (Å²) < 4.78 is 131. The van der Waals surface area contributed by atoms with Gasteiger partial charge in [0.15, 0.2) is 87.1 Å². The Labute approximate surface area is 812 Å². The Hall–Kier alpha value is -7.28. The molecular weight excluding hydrogens is 2120 g/mol. The number of rotatable bonds is 6. The van der Waals surface area contributed by atoms with E-state index in [2.05, 4.69) is 80.7 Å². The first-order chi connectivity index (χ1) is 65.9. The number of halogens is 1. The van der Waals surface area contributed by atoms with Crippen LogP contribution in [0.1, 0.15) is 35.7 Å². The summed E-state index contributed by atoms with van der Waals surface area (Å²) in [7, 11) is 0. The van der Waals surface area contributed by atoms with Gasteiger partial charge in [0.25, 0.3) is 16.7 Å². The van der Waals surface area contributed by atoms with E-state index in [0.717, 1.165) is 34.4 Å². The summed E-state index contributed by atoms with van der Waals surface area (Å²) >= 11 is 34.3. The van der Waals surface area contributed by atoms with E-state index < -0.39 is 226 Å². The van der Waals surface area contributed by atoms with Gasteiger partial charge < -0.3 is 135 Å². The van der Waals surface area contributed by atoms with Crippen molar-refractivity contribution in [2.24, 2.45) is 0 Å². The maximum absolute atomic E-state index is 16.0. The van der Waals surface area contributed by atoms with Crippen LogP contribution < -0.4 is 51.1 Å². The molecule has 11 saturated heterocycles. The van der Waals surface area contributed by atoms with Crippen molar-refractivity contribution in [3.63, 3.8) is 0 Å². The van der Waals surface area contributed by atoms with Crippen LogP contribution in [0.5, 0.6) is 0 Å². The van der Waals surface area contributed by atoms with Crippen LogP contribution in [0.25, 0.3) is 67.0 Å². The number of alkyl halides is 1. The Balaban J connectivity index is 0.000000124. The molecule has 30 atom stereocenters. The van der Waals surface area contributed by atoms with Crippen molar-refractivity contribution in [3.8, 4) is 12.3 Å². The number of thioether (sulfide) groups is 2. The fourth-order valence-corrected chi connectivity index (χ4v) is 29.7. The largest absolute Gasteiger partial charge is 0.397 e. The highest BCUT2D eigenvalue weighted by Crippen LogP contribution is 2.64. The molecule has 0 saturated carbocycles. The lowest BCUT2D eigenvalue weighted by Crippen LogP contribution is -2.47. The van der Waals surface area contributed by atoms with Gasteiger partial charge in [-0.1, -0.05) is 5.92 Å². The SMILES string of the molecule is C#C[C@@]12COP(O)(=S)O[C@@H]3[C@@H](F)[C@@H](COP(O)(=S)O[C@H]1[C@@H](O)[C@H](n1cnc4c(N)ccnc41)O2)O[C@H]3n1cnc2c(=O)[nH]c(N)nc21.Nc1nc2c(ncn2[C@@H]2S[C@@H]3COP(O)(=S)O[C@H]4[C@H]5OC[C@]4(COP(O)(=S)O[C@@H]2[C@@H]3O)O[C@H]5n2cnc3c(N)ccnc32)c(=O)[nH]1.Nc1nc2c(ncn2[C@@H]2S[C@@H]3COP(O)(=S)O[C@H]4[C@H]5OC[C@]4(COP(O)(=S)O[C@@H]2[C@@H]3O)O[C@H]5n2cnc3c(N)ccnc32)c(=O)[nH]1. The van der Waals surface area contributed by atoms with Gasteiger partial charge in [0.05, 0.1) is 131 Å². The Morgan fingerprint density at radius 1 is 0.410 bits per heavy atom. The van der Waals surface area contributed by atoms with Crippen LogP contribution in [0.3, 0.4) is 0 Å². The van der Waals surface area contributed by atoms with E-state index in [9.17, 15) is 59.1 Å². The maximum atomic E-state index is 16.0. The second-order valence-corrected chi connectivity index (χ2v) is 52.1. The number of nitrogens with zero attached hydrogens (tertiary/aromatic N) is 18. The van der Waals surface area contributed by atoms with Crippen LogP contribution in [0.4, 0.5) is 39.3 Å². The molecule has 11 aliphatic rings. The van der Waals surface area contributed by atoms with Crippen molar-refractivity contribution in [2.75, 3.05) is 87.3 Å². The van der Waals surface area contributed by atoms with E-state index in [-0.39, 0.29) is 83.4 Å². The summed E-state index contributed by atoms with van der Waals surface area (Å²) in [5.74, 6) is 1.78. The molecule has 23 heterocycles. The third kappa shape index (κ3) is 17.7. The third-order valence-corrected chi connectivity index (χ3v) is 36.4. The highest BCUT2D eigenvalue weighted by Gasteiger charge is 2.68. The maximum Gasteiger partial charge on any atom is 0.325 e. The number of nitrogen functional groups attached to an aromatic ring is 6. The van der Waals surface area contributed by atoms with E-state index in [1.54, 1.807) is 21.3 Å². The number of aromatic amines is 3. The number of pyridine rings is 3. The van der Waals surface area contributed by atoms with Crippen molar-refractivity contribution in [2.45, 2.75) is 142 Å². The number of aromatic nitrogens is 21. The molecule has 23 rings (SSSR count). The molecule has 11 aliphatic heterocycles. The van der Waals surface area contributed by atoms with Gasteiger partial charge in [-0.3, -0.25) is 83.9 Å². The van der Waals surface area contributed by atoms with Gasteiger partial charge in [0, 0.05) is 18.6 Å². The van der Waals surface area contributed by atoms with Crippen molar-refractivity contribution in [1.82, 2.24) is 102 Å². The number of imidazole rings is 6. The molecule has 72 heteroatoms. The van der Waals surface area contributed by atoms with E-state index in [4.69, 9.17) is 194 Å². The molecule has 742 valence electrons. The minimum atomic E-state index is -4.45. The normalized spacial score (nSPS) is 39.1. The summed E-state index contributed by atoms with van der Waals surface area (Å²) in [6.07, 6.45) is -3.70. The molecule has 11 fully saturated rings. The molecule has 6 unspecified atom stereocenters. The molecule has 0 radical (unpaired) electrons. The summed E-state index contributed by atoms with van der Waals surface area (Å²) in [4.78, 5) is 162. The number of fused-ring (bicyclic) bond motifs is 13. The molecule has 12 aromatic rings. The smallest absolute Gasteiger partial charge is 0.325 e. The zero-order chi connectivity index (χ0) is 97.8. The van der Waals surface area contributed by atoms with Crippen molar-refractivity contribution in [3.05, 3.63) is 106 Å². The second-order valence-electron chi connectivity index (χ2n) is 32.7. The number of H-pyrrole nitrogens is 3. The molecule has 0 aromatic carbocycles. The number of hydrogen-bond acceptors (Lipinski definition) is 50. The fourth-order valence-electron chi connectivity index (χ4n) is 17.7. The first-order valence-electron chi connectivity index (χ1n) is 40.6. The molecule has 139 heavy (non-hydrogen) atoms.